The summed E-state index contributed by atoms with van der Waals surface area (Å²) in [5, 5.41) is 12.3. The molecule has 2 rings (SSSR count). The van der Waals surface area contributed by atoms with E-state index in [9.17, 15) is 14.7 Å². The van der Waals surface area contributed by atoms with Crippen molar-refractivity contribution in [3.8, 4) is 11.5 Å². The number of rotatable bonds is 7. The van der Waals surface area contributed by atoms with Gasteiger partial charge in [0.2, 0.25) is 5.91 Å². The van der Waals surface area contributed by atoms with Crippen LogP contribution in [0.3, 0.4) is 0 Å². The Morgan fingerprint density at radius 2 is 1.68 bits per heavy atom. The van der Waals surface area contributed by atoms with E-state index in [-0.39, 0.29) is 6.42 Å². The van der Waals surface area contributed by atoms with Gasteiger partial charge in [-0.3, -0.25) is 9.59 Å². The molecule has 2 aromatic carbocycles. The predicted octanol–water partition coefficient (Wildman–Crippen LogP) is 3.07. The summed E-state index contributed by atoms with van der Waals surface area (Å²) < 4.78 is 10.3. The van der Waals surface area contributed by atoms with Gasteiger partial charge >= 0.3 is 5.97 Å². The second kappa shape index (κ2) is 7.70. The first kappa shape index (κ1) is 18.3. The third-order valence-electron chi connectivity index (χ3n) is 4.06. The Hall–Kier alpha value is -3.02. The van der Waals surface area contributed by atoms with Crippen molar-refractivity contribution in [2.75, 3.05) is 19.5 Å². The summed E-state index contributed by atoms with van der Waals surface area (Å²) in [5.74, 6) is -0.438. The number of nitrogens with one attached hydrogen (secondary N) is 1. The molecule has 0 saturated heterocycles. The van der Waals surface area contributed by atoms with E-state index in [1.165, 1.54) is 14.2 Å². The highest BCUT2D eigenvalue weighted by molar-refractivity contribution is 5.96. The number of ether oxygens (including phenoxy) is 2. The zero-order chi connectivity index (χ0) is 18.4. The van der Waals surface area contributed by atoms with Gasteiger partial charge < -0.3 is 19.9 Å². The van der Waals surface area contributed by atoms with Crippen molar-refractivity contribution in [2.24, 2.45) is 0 Å². The smallest absolute Gasteiger partial charge is 0.314 e. The highest BCUT2D eigenvalue weighted by Crippen LogP contribution is 2.31. The molecule has 6 heteroatoms. The van der Waals surface area contributed by atoms with Crippen molar-refractivity contribution in [3.05, 3.63) is 54.1 Å². The summed E-state index contributed by atoms with van der Waals surface area (Å²) in [4.78, 5) is 24.2. The summed E-state index contributed by atoms with van der Waals surface area (Å²) in [7, 11) is 3.02. The quantitative estimate of drug-likeness (QED) is 0.807. The molecule has 1 amide bonds. The number of carbonyl (C=O) groups excluding carboxylic acids is 1. The van der Waals surface area contributed by atoms with E-state index in [4.69, 9.17) is 9.47 Å². The maximum atomic E-state index is 12.4. The molecular weight excluding hydrogens is 322 g/mol. The van der Waals surface area contributed by atoms with Gasteiger partial charge in [-0.2, -0.15) is 0 Å². The first-order chi connectivity index (χ1) is 11.9. The largest absolute Gasteiger partial charge is 0.493 e. The van der Waals surface area contributed by atoms with Gasteiger partial charge in [0.1, 0.15) is 0 Å². The second-order valence-electron chi connectivity index (χ2n) is 5.80. The maximum absolute atomic E-state index is 12.4. The predicted molar refractivity (Wildman–Crippen MR) is 94.2 cm³/mol. The Balaban J connectivity index is 2.19. The zero-order valence-electron chi connectivity index (χ0n) is 14.4. The van der Waals surface area contributed by atoms with Crippen LogP contribution in [0.1, 0.15) is 18.9 Å². The van der Waals surface area contributed by atoms with E-state index in [0.29, 0.717) is 22.7 Å². The lowest BCUT2D eigenvalue weighted by molar-refractivity contribution is -0.145. The first-order valence-corrected chi connectivity index (χ1v) is 7.71. The van der Waals surface area contributed by atoms with Crippen LogP contribution in [0.5, 0.6) is 11.5 Å². The van der Waals surface area contributed by atoms with Gasteiger partial charge in [-0.05, 0) is 24.6 Å². The molecule has 0 aromatic heterocycles. The molecule has 2 N–H and O–H groups in total. The van der Waals surface area contributed by atoms with Crippen LogP contribution in [0.15, 0.2) is 48.5 Å². The van der Waals surface area contributed by atoms with Crippen LogP contribution < -0.4 is 14.8 Å². The van der Waals surface area contributed by atoms with Crippen molar-refractivity contribution in [1.29, 1.82) is 0 Å². The zero-order valence-corrected chi connectivity index (χ0v) is 14.4. The van der Waals surface area contributed by atoms with Crippen LogP contribution in [0.4, 0.5) is 5.69 Å². The number of carboxylic acid groups (broad SMARTS) is 1. The highest BCUT2D eigenvalue weighted by atomic mass is 16.5. The standard InChI is InChI=1S/C19H21NO5/c1-19(18(22)23,13-7-5-4-6-8-13)12-17(21)20-14-9-10-15(24-2)16(11-14)25-3/h4-11H,12H2,1-3H3,(H,20,21)(H,22,23)/t19-/m0/s1. The van der Waals surface area contributed by atoms with Gasteiger partial charge in [0.25, 0.3) is 0 Å². The Morgan fingerprint density at radius 1 is 1.04 bits per heavy atom. The third-order valence-corrected chi connectivity index (χ3v) is 4.06. The molecule has 132 valence electrons. The average Bonchev–Trinajstić information content (AvgIpc) is 2.61. The fourth-order valence-corrected chi connectivity index (χ4v) is 2.55. The second-order valence-corrected chi connectivity index (χ2v) is 5.80. The average molecular weight is 343 g/mol. The Kier molecular flexibility index (Phi) is 5.64. The lowest BCUT2D eigenvalue weighted by Crippen LogP contribution is -2.36. The molecule has 0 aliphatic rings. The Bertz CT molecular complexity index is 760. The normalized spacial score (nSPS) is 12.8. The molecule has 0 bridgehead atoms. The number of aliphatic carboxylic acids is 1. The van der Waals surface area contributed by atoms with E-state index in [1.807, 2.05) is 0 Å². The SMILES string of the molecule is COc1ccc(NC(=O)C[C@](C)(C(=O)O)c2ccccc2)cc1OC. The summed E-state index contributed by atoms with van der Waals surface area (Å²) >= 11 is 0. The van der Waals surface area contributed by atoms with Crippen molar-refractivity contribution in [1.82, 2.24) is 0 Å². The molecule has 0 spiro atoms. The summed E-state index contributed by atoms with van der Waals surface area (Å²) in [6.45, 7) is 1.54. The molecule has 0 radical (unpaired) electrons. The number of methoxy groups -OCH3 is 2. The van der Waals surface area contributed by atoms with Crippen molar-refractivity contribution < 1.29 is 24.2 Å². The molecule has 0 heterocycles. The van der Waals surface area contributed by atoms with Crippen LogP contribution in [-0.4, -0.2) is 31.2 Å². The van der Waals surface area contributed by atoms with E-state index in [2.05, 4.69) is 5.32 Å². The van der Waals surface area contributed by atoms with E-state index >= 15 is 0 Å². The molecule has 6 nitrogen and oxygen atoms in total. The molecule has 0 aliphatic heterocycles. The Morgan fingerprint density at radius 3 is 2.24 bits per heavy atom. The maximum Gasteiger partial charge on any atom is 0.314 e. The Labute approximate surface area is 146 Å². The van der Waals surface area contributed by atoms with Gasteiger partial charge in [0, 0.05) is 18.2 Å². The van der Waals surface area contributed by atoms with Crippen LogP contribution in [0.2, 0.25) is 0 Å². The monoisotopic (exact) mass is 343 g/mol. The van der Waals surface area contributed by atoms with E-state index in [1.54, 1.807) is 55.5 Å². The van der Waals surface area contributed by atoms with Crippen molar-refractivity contribution in [3.63, 3.8) is 0 Å². The summed E-state index contributed by atoms with van der Waals surface area (Å²) in [6, 6.07) is 13.7. The molecule has 25 heavy (non-hydrogen) atoms. The fourth-order valence-electron chi connectivity index (χ4n) is 2.55. The van der Waals surface area contributed by atoms with Crippen LogP contribution >= 0.6 is 0 Å². The fraction of sp³-hybridized carbons (Fsp3) is 0.263. The number of amides is 1. The van der Waals surface area contributed by atoms with Crippen LogP contribution in [-0.2, 0) is 15.0 Å². The van der Waals surface area contributed by atoms with Crippen LogP contribution in [0, 0.1) is 0 Å². The number of hydrogen-bond acceptors (Lipinski definition) is 4. The molecule has 1 atom stereocenters. The molecule has 0 unspecified atom stereocenters. The number of carboxylic acids is 1. The van der Waals surface area contributed by atoms with E-state index < -0.39 is 17.3 Å². The van der Waals surface area contributed by atoms with Crippen LogP contribution in [0.25, 0.3) is 0 Å². The molecule has 0 fully saturated rings. The van der Waals surface area contributed by atoms with Crippen molar-refractivity contribution >= 4 is 17.6 Å². The first-order valence-electron chi connectivity index (χ1n) is 7.71. The summed E-state index contributed by atoms with van der Waals surface area (Å²) in [6.07, 6.45) is -0.194. The van der Waals surface area contributed by atoms with Gasteiger partial charge in [0.15, 0.2) is 11.5 Å². The number of hydrogen-bond donors (Lipinski definition) is 2. The van der Waals surface area contributed by atoms with E-state index in [0.717, 1.165) is 0 Å². The molecule has 0 aliphatic carbocycles. The summed E-state index contributed by atoms with van der Waals surface area (Å²) in [5.41, 5.74) is -0.240. The van der Waals surface area contributed by atoms with Gasteiger partial charge in [-0.15, -0.1) is 0 Å². The molecule has 0 saturated carbocycles. The van der Waals surface area contributed by atoms with Gasteiger partial charge in [-0.25, -0.2) is 0 Å². The topological polar surface area (TPSA) is 84.9 Å². The minimum Gasteiger partial charge on any atom is -0.493 e. The highest BCUT2D eigenvalue weighted by Gasteiger charge is 2.37. The lowest BCUT2D eigenvalue weighted by Gasteiger charge is -2.24. The number of benzene rings is 2. The molecular formula is C19H21NO5. The van der Waals surface area contributed by atoms with Gasteiger partial charge in [-0.1, -0.05) is 30.3 Å². The lowest BCUT2D eigenvalue weighted by atomic mass is 9.79. The number of carbonyl (C=O) groups is 2. The number of anilines is 1. The molecule has 2 aromatic rings. The minimum absolute atomic E-state index is 0.194. The van der Waals surface area contributed by atoms with Gasteiger partial charge in [0.05, 0.1) is 19.6 Å². The third kappa shape index (κ3) is 4.09. The minimum atomic E-state index is -1.32. The van der Waals surface area contributed by atoms with Crippen molar-refractivity contribution in [2.45, 2.75) is 18.8 Å².